The molecule has 5 nitrogen and oxygen atoms in total. The molecule has 0 unspecified atom stereocenters. The van der Waals surface area contributed by atoms with Gasteiger partial charge in [-0.15, -0.1) is 0 Å². The monoisotopic (exact) mass is 474 g/mol. The van der Waals surface area contributed by atoms with Gasteiger partial charge >= 0.3 is 6.03 Å². The maximum atomic E-state index is 12.8. The van der Waals surface area contributed by atoms with Crippen LogP contribution in [-0.2, 0) is 13.0 Å². The zero-order valence-electron chi connectivity index (χ0n) is 21.6. The minimum atomic E-state index is -0.221. The predicted octanol–water partition coefficient (Wildman–Crippen LogP) is 7.28. The molecule has 0 bridgehead atoms. The number of para-hydroxylation sites is 1. The summed E-state index contributed by atoms with van der Waals surface area (Å²) in [6.07, 6.45) is 1.87. The highest BCUT2D eigenvalue weighted by Gasteiger charge is 2.16. The van der Waals surface area contributed by atoms with Crippen molar-refractivity contribution in [3.63, 3.8) is 0 Å². The molecule has 2 amide bonds. The SMILES string of the molecule is COc1ccc(CNC(=O)Nc2c(C(C)C)cccc2C(C)C)cc1OCCCc1ccccc1. The van der Waals surface area contributed by atoms with Crippen LogP contribution in [0.2, 0.25) is 0 Å². The van der Waals surface area contributed by atoms with E-state index in [1.54, 1.807) is 7.11 Å². The molecular formula is C30H38N2O3. The average Bonchev–Trinajstić information content (AvgIpc) is 2.86. The van der Waals surface area contributed by atoms with Gasteiger partial charge in [0, 0.05) is 12.2 Å². The summed E-state index contributed by atoms with van der Waals surface area (Å²) in [4.78, 5) is 12.8. The van der Waals surface area contributed by atoms with Gasteiger partial charge in [-0.05, 0) is 59.1 Å². The molecule has 0 saturated carbocycles. The van der Waals surface area contributed by atoms with Crippen LogP contribution in [0.25, 0.3) is 0 Å². The topological polar surface area (TPSA) is 59.6 Å². The first kappa shape index (κ1) is 26.1. The van der Waals surface area contributed by atoms with Crippen molar-refractivity contribution in [2.45, 2.75) is 58.9 Å². The van der Waals surface area contributed by atoms with Gasteiger partial charge in [0.2, 0.25) is 0 Å². The van der Waals surface area contributed by atoms with Gasteiger partial charge in [-0.25, -0.2) is 4.79 Å². The van der Waals surface area contributed by atoms with Crippen molar-refractivity contribution in [2.75, 3.05) is 19.0 Å². The van der Waals surface area contributed by atoms with E-state index in [1.165, 1.54) is 5.56 Å². The van der Waals surface area contributed by atoms with Gasteiger partial charge < -0.3 is 20.1 Å². The zero-order valence-corrected chi connectivity index (χ0v) is 21.6. The molecule has 0 atom stereocenters. The number of nitrogens with one attached hydrogen (secondary N) is 2. The Bertz CT molecular complexity index is 1070. The molecule has 3 aromatic carbocycles. The number of aryl methyl sites for hydroxylation is 1. The van der Waals surface area contributed by atoms with E-state index in [4.69, 9.17) is 9.47 Å². The second-order valence-corrected chi connectivity index (χ2v) is 9.35. The molecule has 0 heterocycles. The van der Waals surface area contributed by atoms with E-state index in [2.05, 4.69) is 80.8 Å². The molecule has 5 heteroatoms. The number of anilines is 1. The molecule has 0 aliphatic rings. The maximum Gasteiger partial charge on any atom is 0.319 e. The first-order chi connectivity index (χ1) is 16.9. The first-order valence-electron chi connectivity index (χ1n) is 12.4. The highest BCUT2D eigenvalue weighted by molar-refractivity contribution is 5.91. The fraction of sp³-hybridized carbons (Fsp3) is 0.367. The first-order valence-corrected chi connectivity index (χ1v) is 12.4. The molecule has 0 spiro atoms. The number of methoxy groups -OCH3 is 1. The molecule has 2 N–H and O–H groups in total. The van der Waals surface area contributed by atoms with Gasteiger partial charge in [0.25, 0.3) is 0 Å². The second kappa shape index (κ2) is 12.8. The lowest BCUT2D eigenvalue weighted by atomic mass is 9.93. The molecular weight excluding hydrogens is 436 g/mol. The number of carbonyl (C=O) groups is 1. The highest BCUT2D eigenvalue weighted by atomic mass is 16.5. The largest absolute Gasteiger partial charge is 0.493 e. The Morgan fingerprint density at radius 2 is 1.51 bits per heavy atom. The van der Waals surface area contributed by atoms with Crippen molar-refractivity contribution in [3.05, 3.63) is 89.0 Å². The van der Waals surface area contributed by atoms with Gasteiger partial charge in [0.15, 0.2) is 11.5 Å². The Morgan fingerprint density at radius 3 is 2.14 bits per heavy atom. The van der Waals surface area contributed by atoms with Crippen LogP contribution in [0.15, 0.2) is 66.7 Å². The van der Waals surface area contributed by atoms with Gasteiger partial charge in [-0.1, -0.05) is 82.3 Å². The summed E-state index contributed by atoms with van der Waals surface area (Å²) in [7, 11) is 1.63. The summed E-state index contributed by atoms with van der Waals surface area (Å²) in [5.74, 6) is 2.00. The van der Waals surface area contributed by atoms with Crippen molar-refractivity contribution in [3.8, 4) is 11.5 Å². The van der Waals surface area contributed by atoms with E-state index in [-0.39, 0.29) is 6.03 Å². The summed E-state index contributed by atoms with van der Waals surface area (Å²) >= 11 is 0. The van der Waals surface area contributed by atoms with Gasteiger partial charge in [0.05, 0.1) is 13.7 Å². The number of carbonyl (C=O) groups excluding carboxylic acids is 1. The average molecular weight is 475 g/mol. The Hall–Kier alpha value is -3.47. The van der Waals surface area contributed by atoms with E-state index in [0.29, 0.717) is 36.5 Å². The molecule has 0 fully saturated rings. The predicted molar refractivity (Wildman–Crippen MR) is 144 cm³/mol. The van der Waals surface area contributed by atoms with Crippen LogP contribution in [0.4, 0.5) is 10.5 Å². The number of hydrogen-bond acceptors (Lipinski definition) is 3. The number of amides is 2. The molecule has 35 heavy (non-hydrogen) atoms. The molecule has 3 rings (SSSR count). The minimum absolute atomic E-state index is 0.221. The molecule has 0 aliphatic carbocycles. The number of rotatable bonds is 11. The molecule has 3 aromatic rings. The number of urea groups is 1. The fourth-order valence-corrected chi connectivity index (χ4v) is 4.08. The zero-order chi connectivity index (χ0) is 25.2. The highest BCUT2D eigenvalue weighted by Crippen LogP contribution is 2.32. The third-order valence-corrected chi connectivity index (χ3v) is 6.00. The van der Waals surface area contributed by atoms with Crippen LogP contribution in [0.3, 0.4) is 0 Å². The quantitative estimate of drug-likeness (QED) is 0.287. The molecule has 0 aromatic heterocycles. The molecule has 0 aliphatic heterocycles. The lowest BCUT2D eigenvalue weighted by Crippen LogP contribution is -2.29. The van der Waals surface area contributed by atoms with Crippen LogP contribution in [0.5, 0.6) is 11.5 Å². The maximum absolute atomic E-state index is 12.8. The van der Waals surface area contributed by atoms with Crippen molar-refractivity contribution in [2.24, 2.45) is 0 Å². The van der Waals surface area contributed by atoms with Crippen molar-refractivity contribution in [1.82, 2.24) is 5.32 Å². The van der Waals surface area contributed by atoms with Gasteiger partial charge in [0.1, 0.15) is 0 Å². The van der Waals surface area contributed by atoms with Crippen molar-refractivity contribution in [1.29, 1.82) is 0 Å². The number of benzene rings is 3. The summed E-state index contributed by atoms with van der Waals surface area (Å²) in [5, 5.41) is 6.09. The van der Waals surface area contributed by atoms with Crippen LogP contribution < -0.4 is 20.1 Å². The Labute approximate surface area is 209 Å². The molecule has 0 radical (unpaired) electrons. The van der Waals surface area contributed by atoms with Gasteiger partial charge in [-0.2, -0.15) is 0 Å². The second-order valence-electron chi connectivity index (χ2n) is 9.35. The number of ether oxygens (including phenoxy) is 2. The fourth-order valence-electron chi connectivity index (χ4n) is 4.08. The normalized spacial score (nSPS) is 10.9. The molecule has 186 valence electrons. The summed E-state index contributed by atoms with van der Waals surface area (Å²) in [6, 6.07) is 22.1. The third kappa shape index (κ3) is 7.51. The van der Waals surface area contributed by atoms with E-state index in [9.17, 15) is 4.79 Å². The van der Waals surface area contributed by atoms with E-state index >= 15 is 0 Å². The summed E-state index contributed by atoms with van der Waals surface area (Å²) < 4.78 is 11.5. The standard InChI is InChI=1S/C30H38N2O3/c1-21(2)25-14-9-15-26(22(3)4)29(25)32-30(33)31-20-24-16-17-27(34-5)28(19-24)35-18-10-13-23-11-7-6-8-12-23/h6-9,11-12,14-17,19,21-22H,10,13,18,20H2,1-5H3,(H2,31,32,33). The number of hydrogen-bond donors (Lipinski definition) is 2. The van der Waals surface area contributed by atoms with Gasteiger partial charge in [-0.3, -0.25) is 0 Å². The van der Waals surface area contributed by atoms with E-state index < -0.39 is 0 Å². The minimum Gasteiger partial charge on any atom is -0.493 e. The summed E-state index contributed by atoms with van der Waals surface area (Å²) in [5.41, 5.74) is 5.43. The Balaban J connectivity index is 1.60. The Morgan fingerprint density at radius 1 is 0.829 bits per heavy atom. The molecule has 0 saturated heterocycles. The third-order valence-electron chi connectivity index (χ3n) is 6.00. The van der Waals surface area contributed by atoms with Crippen molar-refractivity contribution < 1.29 is 14.3 Å². The lowest BCUT2D eigenvalue weighted by molar-refractivity contribution is 0.251. The lowest BCUT2D eigenvalue weighted by Gasteiger charge is -2.20. The van der Waals surface area contributed by atoms with E-state index in [0.717, 1.165) is 35.2 Å². The van der Waals surface area contributed by atoms with Crippen LogP contribution >= 0.6 is 0 Å². The van der Waals surface area contributed by atoms with Crippen LogP contribution in [0, 0.1) is 0 Å². The van der Waals surface area contributed by atoms with Crippen LogP contribution in [-0.4, -0.2) is 19.7 Å². The smallest absolute Gasteiger partial charge is 0.319 e. The van der Waals surface area contributed by atoms with Crippen LogP contribution in [0.1, 0.15) is 68.2 Å². The van der Waals surface area contributed by atoms with E-state index in [1.807, 2.05) is 24.3 Å². The summed E-state index contributed by atoms with van der Waals surface area (Å²) in [6.45, 7) is 9.54. The van der Waals surface area contributed by atoms with Crippen molar-refractivity contribution >= 4 is 11.7 Å². The Kier molecular flexibility index (Phi) is 9.59.